The van der Waals surface area contributed by atoms with Gasteiger partial charge < -0.3 is 33.2 Å². The molecule has 0 aliphatic carbocycles. The number of rotatable bonds is 18. The van der Waals surface area contributed by atoms with Crippen molar-refractivity contribution in [2.24, 2.45) is 0 Å². The van der Waals surface area contributed by atoms with Gasteiger partial charge in [0, 0.05) is 12.2 Å². The van der Waals surface area contributed by atoms with Gasteiger partial charge in [0.15, 0.2) is 17.7 Å². The van der Waals surface area contributed by atoms with E-state index in [9.17, 15) is 32.8 Å². The van der Waals surface area contributed by atoms with Crippen LogP contribution in [0, 0.1) is 23.0 Å². The van der Waals surface area contributed by atoms with Gasteiger partial charge in [0.05, 0.1) is 29.9 Å². The summed E-state index contributed by atoms with van der Waals surface area (Å²) in [6.45, 7) is 6.77. The van der Waals surface area contributed by atoms with E-state index in [4.69, 9.17) is 38.4 Å². The first-order valence-corrected chi connectivity index (χ1v) is 19.8. The first-order chi connectivity index (χ1) is 31.0. The normalized spacial score (nSPS) is 12.4. The lowest BCUT2D eigenvalue weighted by atomic mass is 10.1. The summed E-state index contributed by atoms with van der Waals surface area (Å²) >= 11 is 0. The zero-order valence-corrected chi connectivity index (χ0v) is 34.5. The van der Waals surface area contributed by atoms with E-state index < -0.39 is 58.9 Å². The van der Waals surface area contributed by atoms with Crippen molar-refractivity contribution in [2.45, 2.75) is 45.5 Å². The number of ether oxygens (including phenoxy) is 7. The summed E-state index contributed by atoms with van der Waals surface area (Å²) in [5.74, 6) is -5.19. The number of halogens is 2. The number of carbonyl (C=O) groups excluding carboxylic acids is 5. The summed E-state index contributed by atoms with van der Waals surface area (Å²) in [6.07, 6.45) is 6.98. The number of esters is 5. The molecule has 0 radical (unpaired) electrons. The SMILES string of the molecule is C=CC(=O)OCc1ccc(/C=C/C(=O)Oc2ccc(OCCCCC)cc2)cc1.N#Cc1ccc(OC(=O)c2ccc(OC(=O)c3ccc(COC(=O)C4CO4)cc3)cc2)c(F)c1F. The van der Waals surface area contributed by atoms with Gasteiger partial charge in [-0.25, -0.2) is 28.4 Å². The van der Waals surface area contributed by atoms with E-state index in [2.05, 4.69) is 13.5 Å². The smallest absolute Gasteiger partial charge is 0.343 e. The molecule has 15 heteroatoms. The van der Waals surface area contributed by atoms with Gasteiger partial charge in [-0.3, -0.25) is 0 Å². The van der Waals surface area contributed by atoms with Crippen LogP contribution in [0.1, 0.15) is 69.2 Å². The fourth-order valence-electron chi connectivity index (χ4n) is 5.25. The van der Waals surface area contributed by atoms with Gasteiger partial charge in [0.25, 0.3) is 0 Å². The molecule has 0 aromatic heterocycles. The Morgan fingerprint density at radius 3 is 1.88 bits per heavy atom. The lowest BCUT2D eigenvalue weighted by molar-refractivity contribution is -0.146. The predicted molar refractivity (Wildman–Crippen MR) is 226 cm³/mol. The van der Waals surface area contributed by atoms with Crippen LogP contribution in [-0.2, 0) is 41.8 Å². The summed E-state index contributed by atoms with van der Waals surface area (Å²) < 4.78 is 63.5. The molecule has 0 amide bonds. The van der Waals surface area contributed by atoms with E-state index in [0.717, 1.165) is 54.3 Å². The van der Waals surface area contributed by atoms with Crippen molar-refractivity contribution in [3.63, 3.8) is 0 Å². The van der Waals surface area contributed by atoms with E-state index >= 15 is 0 Å². The van der Waals surface area contributed by atoms with Crippen LogP contribution in [0.5, 0.6) is 23.0 Å². The van der Waals surface area contributed by atoms with Crippen molar-refractivity contribution in [3.8, 4) is 29.1 Å². The Balaban J connectivity index is 0.000000246. The Labute approximate surface area is 367 Å². The van der Waals surface area contributed by atoms with Gasteiger partial charge in [-0.1, -0.05) is 62.7 Å². The summed E-state index contributed by atoms with van der Waals surface area (Å²) in [7, 11) is 0. The average molecular weight is 874 g/mol. The molecule has 1 aliphatic heterocycles. The topological polar surface area (TPSA) is 177 Å². The van der Waals surface area contributed by atoms with E-state index in [1.54, 1.807) is 42.5 Å². The first-order valence-electron chi connectivity index (χ1n) is 19.8. The molecule has 1 fully saturated rings. The highest BCUT2D eigenvalue weighted by molar-refractivity contribution is 5.93. The zero-order valence-electron chi connectivity index (χ0n) is 34.5. The monoisotopic (exact) mass is 873 g/mol. The Morgan fingerprint density at radius 1 is 0.703 bits per heavy atom. The second-order valence-corrected chi connectivity index (χ2v) is 13.6. The van der Waals surface area contributed by atoms with Crippen molar-refractivity contribution in [1.82, 2.24) is 0 Å². The van der Waals surface area contributed by atoms with Crippen LogP contribution in [0.4, 0.5) is 8.78 Å². The third-order valence-electron chi connectivity index (χ3n) is 8.84. The van der Waals surface area contributed by atoms with Gasteiger partial charge >= 0.3 is 29.8 Å². The zero-order chi connectivity index (χ0) is 45.8. The van der Waals surface area contributed by atoms with E-state index in [-0.39, 0.29) is 30.1 Å². The molecule has 0 N–H and O–H groups in total. The summed E-state index contributed by atoms with van der Waals surface area (Å²) in [5, 5.41) is 8.70. The van der Waals surface area contributed by atoms with Crippen LogP contribution < -0.4 is 18.9 Å². The van der Waals surface area contributed by atoms with Crippen LogP contribution >= 0.6 is 0 Å². The van der Waals surface area contributed by atoms with Gasteiger partial charge in [-0.2, -0.15) is 9.65 Å². The van der Waals surface area contributed by atoms with Crippen molar-refractivity contribution in [1.29, 1.82) is 5.26 Å². The third kappa shape index (κ3) is 14.9. The highest BCUT2D eigenvalue weighted by Gasteiger charge is 2.33. The Kier molecular flexibility index (Phi) is 17.6. The molecule has 0 spiro atoms. The molecule has 1 unspecified atom stereocenters. The second kappa shape index (κ2) is 23.9. The predicted octanol–water partition coefficient (Wildman–Crippen LogP) is 8.82. The molecule has 5 aromatic rings. The molecule has 1 atom stereocenters. The minimum absolute atomic E-state index is 0.00976. The third-order valence-corrected chi connectivity index (χ3v) is 8.84. The van der Waals surface area contributed by atoms with Crippen LogP contribution in [0.3, 0.4) is 0 Å². The lowest BCUT2D eigenvalue weighted by Gasteiger charge is -2.08. The van der Waals surface area contributed by atoms with E-state index in [1.807, 2.05) is 24.3 Å². The van der Waals surface area contributed by atoms with E-state index in [1.165, 1.54) is 48.5 Å². The highest BCUT2D eigenvalue weighted by Crippen LogP contribution is 2.24. The first kappa shape index (κ1) is 47.1. The van der Waals surface area contributed by atoms with Crippen LogP contribution in [0.15, 0.2) is 128 Å². The van der Waals surface area contributed by atoms with Gasteiger partial charge in [-0.15, -0.1) is 0 Å². The maximum Gasteiger partial charge on any atom is 0.343 e. The Bertz CT molecular complexity index is 2490. The number of epoxide rings is 1. The molecule has 0 bridgehead atoms. The maximum atomic E-state index is 13.9. The number of nitriles is 1. The quantitative estimate of drug-likeness (QED) is 0.0269. The van der Waals surface area contributed by atoms with Crippen molar-refractivity contribution < 1.29 is 65.9 Å². The molecule has 1 aliphatic rings. The number of hydrogen-bond donors (Lipinski definition) is 0. The number of unbranched alkanes of at least 4 members (excludes halogenated alkanes) is 2. The highest BCUT2D eigenvalue weighted by atomic mass is 19.2. The average Bonchev–Trinajstić information content (AvgIpc) is 4.17. The van der Waals surface area contributed by atoms with Gasteiger partial charge in [-0.05, 0) is 102 Å². The molecular weight excluding hydrogens is 833 g/mol. The largest absolute Gasteiger partial charge is 0.494 e. The lowest BCUT2D eigenvalue weighted by Crippen LogP contribution is -2.12. The fourth-order valence-corrected chi connectivity index (χ4v) is 5.25. The molecular formula is C49H41F2NO12. The molecule has 328 valence electrons. The molecule has 13 nitrogen and oxygen atoms in total. The minimum atomic E-state index is -1.45. The van der Waals surface area contributed by atoms with Crippen LogP contribution in [0.25, 0.3) is 6.08 Å². The van der Waals surface area contributed by atoms with E-state index in [0.29, 0.717) is 24.5 Å². The molecule has 1 heterocycles. The van der Waals surface area contributed by atoms with Crippen LogP contribution in [-0.4, -0.2) is 49.2 Å². The summed E-state index contributed by atoms with van der Waals surface area (Å²) in [5.41, 5.74) is 2.07. The van der Waals surface area contributed by atoms with Gasteiger partial charge in [0.2, 0.25) is 5.82 Å². The molecule has 6 rings (SSSR count). The fraction of sp³-hybridized carbons (Fsp3) is 0.184. The van der Waals surface area contributed by atoms with Crippen molar-refractivity contribution in [3.05, 3.63) is 173 Å². The Morgan fingerprint density at radius 2 is 1.27 bits per heavy atom. The summed E-state index contributed by atoms with van der Waals surface area (Å²) in [6, 6.07) is 29.2. The minimum Gasteiger partial charge on any atom is -0.494 e. The molecule has 5 aromatic carbocycles. The van der Waals surface area contributed by atoms with Crippen LogP contribution in [0.2, 0.25) is 0 Å². The van der Waals surface area contributed by atoms with Gasteiger partial charge in [0.1, 0.15) is 36.5 Å². The molecule has 1 saturated heterocycles. The summed E-state index contributed by atoms with van der Waals surface area (Å²) in [4.78, 5) is 59.1. The second-order valence-electron chi connectivity index (χ2n) is 13.6. The van der Waals surface area contributed by atoms with Crippen molar-refractivity contribution >= 4 is 35.9 Å². The number of benzene rings is 5. The number of hydrogen-bond acceptors (Lipinski definition) is 13. The van der Waals surface area contributed by atoms with Crippen molar-refractivity contribution in [2.75, 3.05) is 13.2 Å². The molecule has 64 heavy (non-hydrogen) atoms. The maximum absolute atomic E-state index is 13.9. The number of carbonyl (C=O) groups is 5. The molecule has 0 saturated carbocycles. The Hall–Kier alpha value is -7.96. The standard InChI is InChI=1S/C25H15F2NO7.C24H26O5/c26-21-17(11-28)7-10-19(22(21)27)35-24(30)16-5-8-18(9-6-16)34-23(29)15-3-1-14(2-4-15)12-33-25(31)20-13-32-20;1-3-5-6-17-27-21-12-14-22(15-13-21)29-24(26)16-11-19-7-9-20(10-8-19)18-28-23(25)4-2/h1-10,20H,12-13H2;4,7-16H,2-3,5-6,17-18H2,1H3/b;16-11+. The number of nitrogens with zero attached hydrogens (tertiary/aromatic N) is 1.